The first kappa shape index (κ1) is 16.3. The van der Waals surface area contributed by atoms with Crippen LogP contribution in [0.15, 0.2) is 24.3 Å². The van der Waals surface area contributed by atoms with E-state index in [0.29, 0.717) is 18.1 Å². The maximum Gasteiger partial charge on any atom is 0.140 e. The van der Waals surface area contributed by atoms with E-state index in [1.54, 1.807) is 0 Å². The van der Waals surface area contributed by atoms with Crippen molar-refractivity contribution in [3.05, 3.63) is 35.4 Å². The van der Waals surface area contributed by atoms with E-state index < -0.39 is 0 Å². The van der Waals surface area contributed by atoms with E-state index in [0.717, 1.165) is 18.8 Å². The highest BCUT2D eigenvalue weighted by molar-refractivity contribution is 5.83. The summed E-state index contributed by atoms with van der Waals surface area (Å²) in [5.74, 6) is 1.54. The second kappa shape index (κ2) is 6.77. The zero-order valence-corrected chi connectivity index (χ0v) is 14.1. The van der Waals surface area contributed by atoms with E-state index in [4.69, 9.17) is 0 Å². The van der Waals surface area contributed by atoms with Crippen LogP contribution in [0, 0.1) is 11.8 Å². The summed E-state index contributed by atoms with van der Waals surface area (Å²) in [6.07, 6.45) is 6.62. The molecule has 0 heterocycles. The Hall–Kier alpha value is -1.11. The van der Waals surface area contributed by atoms with Crippen LogP contribution in [-0.4, -0.2) is 5.78 Å². The van der Waals surface area contributed by atoms with Gasteiger partial charge in [0.15, 0.2) is 0 Å². The number of hydrogen-bond acceptors (Lipinski definition) is 1. The molecule has 0 saturated heterocycles. The van der Waals surface area contributed by atoms with Crippen molar-refractivity contribution < 1.29 is 4.79 Å². The molecule has 2 atom stereocenters. The van der Waals surface area contributed by atoms with Crippen LogP contribution in [0.5, 0.6) is 0 Å². The van der Waals surface area contributed by atoms with E-state index in [9.17, 15) is 4.79 Å². The summed E-state index contributed by atoms with van der Waals surface area (Å²) in [7, 11) is 0. The molecular formula is C20H30O. The van der Waals surface area contributed by atoms with Gasteiger partial charge < -0.3 is 0 Å². The van der Waals surface area contributed by atoms with Gasteiger partial charge in [-0.15, -0.1) is 0 Å². The lowest BCUT2D eigenvalue weighted by Crippen LogP contribution is -2.24. The van der Waals surface area contributed by atoms with Crippen LogP contribution in [0.2, 0.25) is 0 Å². The van der Waals surface area contributed by atoms with Crippen LogP contribution in [0.4, 0.5) is 0 Å². The van der Waals surface area contributed by atoms with Gasteiger partial charge in [0.25, 0.3) is 0 Å². The molecule has 0 spiro atoms. The molecule has 1 aliphatic carbocycles. The molecule has 1 aromatic rings. The zero-order chi connectivity index (χ0) is 15.5. The van der Waals surface area contributed by atoms with Gasteiger partial charge >= 0.3 is 0 Å². The van der Waals surface area contributed by atoms with Gasteiger partial charge in [-0.1, -0.05) is 71.2 Å². The standard InChI is InChI=1S/C20H30O/c1-5-15-7-6-8-17(13-15)19(21)14-16-9-11-18(12-10-16)20(2,3)4/h9-12,15,17H,5-8,13-14H2,1-4H3. The smallest absolute Gasteiger partial charge is 0.140 e. The van der Waals surface area contributed by atoms with Gasteiger partial charge in [-0.3, -0.25) is 4.79 Å². The van der Waals surface area contributed by atoms with E-state index in [1.165, 1.54) is 30.4 Å². The molecule has 0 N–H and O–H groups in total. The minimum Gasteiger partial charge on any atom is -0.299 e. The van der Waals surface area contributed by atoms with Crippen LogP contribution >= 0.6 is 0 Å². The first-order valence-corrected chi connectivity index (χ1v) is 8.52. The highest BCUT2D eigenvalue weighted by atomic mass is 16.1. The quantitative estimate of drug-likeness (QED) is 0.733. The maximum atomic E-state index is 12.5. The predicted molar refractivity (Wildman–Crippen MR) is 89.6 cm³/mol. The fourth-order valence-corrected chi connectivity index (χ4v) is 3.42. The van der Waals surface area contributed by atoms with Crippen LogP contribution in [-0.2, 0) is 16.6 Å². The monoisotopic (exact) mass is 286 g/mol. The lowest BCUT2D eigenvalue weighted by atomic mass is 9.77. The Bertz CT molecular complexity index is 464. The van der Waals surface area contributed by atoms with Crippen molar-refractivity contribution in [2.45, 2.75) is 71.6 Å². The first-order chi connectivity index (χ1) is 9.90. The minimum absolute atomic E-state index is 0.181. The molecule has 1 heteroatoms. The van der Waals surface area contributed by atoms with Crippen molar-refractivity contribution in [2.24, 2.45) is 11.8 Å². The Labute approximate surface area is 130 Å². The number of rotatable bonds is 4. The Balaban J connectivity index is 1.96. The number of carbonyl (C=O) groups is 1. The molecule has 2 rings (SSSR count). The highest BCUT2D eigenvalue weighted by Gasteiger charge is 2.26. The second-order valence-electron chi connectivity index (χ2n) is 7.73. The number of Topliss-reactive ketones (excluding diaryl/α,β-unsaturated/α-hetero) is 1. The summed E-state index contributed by atoms with van der Waals surface area (Å²) in [5.41, 5.74) is 2.69. The average molecular weight is 286 g/mol. The van der Waals surface area contributed by atoms with E-state index in [1.807, 2.05) is 0 Å². The van der Waals surface area contributed by atoms with E-state index in [2.05, 4.69) is 52.0 Å². The predicted octanol–water partition coefficient (Wildman–Crippen LogP) is 5.31. The maximum absolute atomic E-state index is 12.5. The summed E-state index contributed by atoms with van der Waals surface area (Å²) in [5, 5.41) is 0. The number of hydrogen-bond donors (Lipinski definition) is 0. The van der Waals surface area contributed by atoms with Crippen molar-refractivity contribution in [1.82, 2.24) is 0 Å². The molecule has 1 aliphatic rings. The van der Waals surface area contributed by atoms with Crippen LogP contribution < -0.4 is 0 Å². The average Bonchev–Trinajstić information content (AvgIpc) is 2.47. The Kier molecular flexibility index (Phi) is 5.24. The molecule has 1 nitrogen and oxygen atoms in total. The van der Waals surface area contributed by atoms with Crippen molar-refractivity contribution in [3.8, 4) is 0 Å². The second-order valence-corrected chi connectivity index (χ2v) is 7.73. The molecule has 2 unspecified atom stereocenters. The molecule has 1 saturated carbocycles. The summed E-state index contributed by atoms with van der Waals surface area (Å²) < 4.78 is 0. The van der Waals surface area contributed by atoms with E-state index >= 15 is 0 Å². The molecular weight excluding hydrogens is 256 g/mol. The zero-order valence-electron chi connectivity index (χ0n) is 14.1. The largest absolute Gasteiger partial charge is 0.299 e. The van der Waals surface area contributed by atoms with Gasteiger partial charge in [-0.25, -0.2) is 0 Å². The van der Waals surface area contributed by atoms with Crippen molar-refractivity contribution in [1.29, 1.82) is 0 Å². The minimum atomic E-state index is 0.181. The number of benzene rings is 1. The first-order valence-electron chi connectivity index (χ1n) is 8.52. The van der Waals surface area contributed by atoms with Gasteiger partial charge in [-0.2, -0.15) is 0 Å². The van der Waals surface area contributed by atoms with Crippen molar-refractivity contribution >= 4 is 5.78 Å². The fraction of sp³-hybridized carbons (Fsp3) is 0.650. The van der Waals surface area contributed by atoms with Crippen molar-refractivity contribution in [3.63, 3.8) is 0 Å². The lowest BCUT2D eigenvalue weighted by molar-refractivity contribution is -0.123. The SMILES string of the molecule is CCC1CCCC(C(=O)Cc2ccc(C(C)(C)C)cc2)C1. The topological polar surface area (TPSA) is 17.1 Å². The van der Waals surface area contributed by atoms with Crippen LogP contribution in [0.1, 0.15) is 70.9 Å². The third kappa shape index (κ3) is 4.43. The molecule has 21 heavy (non-hydrogen) atoms. The summed E-state index contributed by atoms with van der Waals surface area (Å²) in [4.78, 5) is 12.5. The molecule has 116 valence electrons. The molecule has 0 amide bonds. The number of carbonyl (C=O) groups excluding carboxylic acids is 1. The van der Waals surface area contributed by atoms with Gasteiger partial charge in [0.05, 0.1) is 0 Å². The summed E-state index contributed by atoms with van der Waals surface area (Å²) >= 11 is 0. The van der Waals surface area contributed by atoms with Gasteiger partial charge in [-0.05, 0) is 35.3 Å². The van der Waals surface area contributed by atoms with E-state index in [-0.39, 0.29) is 5.41 Å². The van der Waals surface area contributed by atoms with Crippen LogP contribution in [0.3, 0.4) is 0 Å². The Morgan fingerprint density at radius 3 is 2.38 bits per heavy atom. The fourth-order valence-electron chi connectivity index (χ4n) is 3.42. The molecule has 0 radical (unpaired) electrons. The van der Waals surface area contributed by atoms with Gasteiger partial charge in [0, 0.05) is 12.3 Å². The molecule has 1 aromatic carbocycles. The lowest BCUT2D eigenvalue weighted by Gasteiger charge is -2.27. The normalized spacial score (nSPS) is 23.0. The van der Waals surface area contributed by atoms with Crippen LogP contribution in [0.25, 0.3) is 0 Å². The number of ketones is 1. The molecule has 0 aliphatic heterocycles. The Morgan fingerprint density at radius 1 is 1.14 bits per heavy atom. The van der Waals surface area contributed by atoms with Gasteiger partial charge in [0.2, 0.25) is 0 Å². The van der Waals surface area contributed by atoms with Crippen molar-refractivity contribution in [2.75, 3.05) is 0 Å². The molecule has 1 fully saturated rings. The third-order valence-electron chi connectivity index (χ3n) is 5.01. The third-order valence-corrected chi connectivity index (χ3v) is 5.01. The molecule has 0 aromatic heterocycles. The van der Waals surface area contributed by atoms with Gasteiger partial charge in [0.1, 0.15) is 5.78 Å². The highest BCUT2D eigenvalue weighted by Crippen LogP contribution is 2.32. The summed E-state index contributed by atoms with van der Waals surface area (Å²) in [6.45, 7) is 8.92. The summed E-state index contributed by atoms with van der Waals surface area (Å²) in [6, 6.07) is 8.63. The molecule has 0 bridgehead atoms. The Morgan fingerprint density at radius 2 is 1.81 bits per heavy atom.